The van der Waals surface area contributed by atoms with E-state index in [-0.39, 0.29) is 0 Å². The number of hydrogen-bond acceptors (Lipinski definition) is 0. The van der Waals surface area contributed by atoms with Crippen molar-refractivity contribution >= 4 is 26.7 Å². The molecule has 1 fully saturated rings. The molecule has 2 aromatic rings. The van der Waals surface area contributed by atoms with Gasteiger partial charge in [-0.05, 0) is 66.0 Å². The normalized spacial score (nSPS) is 20.9. The van der Waals surface area contributed by atoms with Gasteiger partial charge in [0, 0.05) is 4.47 Å². The Morgan fingerprint density at radius 3 is 2.28 bits per heavy atom. The summed E-state index contributed by atoms with van der Waals surface area (Å²) >= 11 is 3.57. The van der Waals surface area contributed by atoms with E-state index in [0.717, 1.165) is 11.8 Å². The van der Waals surface area contributed by atoms with Gasteiger partial charge in [0.2, 0.25) is 0 Å². The van der Waals surface area contributed by atoms with Crippen molar-refractivity contribution in [3.8, 4) is 0 Å². The fourth-order valence-corrected chi connectivity index (χ4v) is 4.87. The molecule has 0 heterocycles. The molecule has 0 bridgehead atoms. The van der Waals surface area contributed by atoms with Crippen molar-refractivity contribution in [1.82, 2.24) is 0 Å². The first-order valence-corrected chi connectivity index (χ1v) is 11.2. The average Bonchev–Trinajstić information content (AvgIpc) is 2.64. The van der Waals surface area contributed by atoms with Gasteiger partial charge >= 0.3 is 0 Å². The molecule has 0 aliphatic heterocycles. The maximum Gasteiger partial charge on any atom is 0.0181 e. The lowest BCUT2D eigenvalue weighted by Crippen LogP contribution is -2.13. The van der Waals surface area contributed by atoms with Crippen LogP contribution in [0.15, 0.2) is 40.9 Å². The summed E-state index contributed by atoms with van der Waals surface area (Å²) in [5.74, 6) is 1.78. The van der Waals surface area contributed by atoms with E-state index in [1.165, 1.54) is 85.9 Å². The van der Waals surface area contributed by atoms with Gasteiger partial charge in [-0.15, -0.1) is 0 Å². The highest BCUT2D eigenvalue weighted by molar-refractivity contribution is 9.10. The number of rotatable bonds is 8. The van der Waals surface area contributed by atoms with Crippen LogP contribution in [0, 0.1) is 5.92 Å². The van der Waals surface area contributed by atoms with Crippen LogP contribution in [-0.2, 0) is 0 Å². The quantitative estimate of drug-likeness (QED) is 0.388. The maximum absolute atomic E-state index is 3.57. The maximum atomic E-state index is 3.57. The summed E-state index contributed by atoms with van der Waals surface area (Å²) in [4.78, 5) is 0. The summed E-state index contributed by atoms with van der Waals surface area (Å²) < 4.78 is 1.17. The first kappa shape index (κ1) is 19.0. The lowest BCUT2D eigenvalue weighted by molar-refractivity contribution is 0.302. The van der Waals surface area contributed by atoms with Gasteiger partial charge in [-0.1, -0.05) is 92.1 Å². The molecule has 136 valence electrons. The van der Waals surface area contributed by atoms with Crippen LogP contribution in [0.25, 0.3) is 10.8 Å². The predicted molar refractivity (Wildman–Crippen MR) is 114 cm³/mol. The summed E-state index contributed by atoms with van der Waals surface area (Å²) in [7, 11) is 0. The average molecular weight is 401 g/mol. The van der Waals surface area contributed by atoms with Crippen LogP contribution < -0.4 is 0 Å². The van der Waals surface area contributed by atoms with Crippen LogP contribution in [0.3, 0.4) is 0 Å². The molecule has 0 amide bonds. The van der Waals surface area contributed by atoms with Gasteiger partial charge in [-0.2, -0.15) is 0 Å². The second kappa shape index (κ2) is 9.76. The smallest absolute Gasteiger partial charge is 0.0181 e. The van der Waals surface area contributed by atoms with E-state index in [1.54, 1.807) is 5.56 Å². The van der Waals surface area contributed by atoms with Crippen molar-refractivity contribution in [2.24, 2.45) is 5.92 Å². The van der Waals surface area contributed by atoms with Gasteiger partial charge in [0.25, 0.3) is 0 Å². The molecule has 0 saturated heterocycles. The van der Waals surface area contributed by atoms with Crippen LogP contribution in [-0.4, -0.2) is 0 Å². The van der Waals surface area contributed by atoms with E-state index in [1.807, 2.05) is 0 Å². The zero-order chi connectivity index (χ0) is 17.5. The molecule has 0 N–H and O–H groups in total. The van der Waals surface area contributed by atoms with Crippen LogP contribution in [0.2, 0.25) is 0 Å². The van der Waals surface area contributed by atoms with Gasteiger partial charge in [0.15, 0.2) is 0 Å². The molecule has 2 aromatic carbocycles. The number of hydrogen-bond donors (Lipinski definition) is 0. The fourth-order valence-electron chi connectivity index (χ4n) is 4.49. The topological polar surface area (TPSA) is 0 Å². The Balaban J connectivity index is 1.45. The summed E-state index contributed by atoms with van der Waals surface area (Å²) in [5.41, 5.74) is 1.56. The summed E-state index contributed by atoms with van der Waals surface area (Å²) in [6.07, 6.45) is 15.7. The van der Waals surface area contributed by atoms with E-state index in [9.17, 15) is 0 Å². The SMILES string of the molecule is CCCCCCCC[C@H]1CC[C@H](c2ccc3cc(Br)ccc3c2)CC1. The minimum Gasteiger partial charge on any atom is -0.0654 e. The molecule has 1 aliphatic carbocycles. The van der Waals surface area contributed by atoms with E-state index in [4.69, 9.17) is 0 Å². The van der Waals surface area contributed by atoms with Crippen LogP contribution in [0.4, 0.5) is 0 Å². The third-order valence-corrected chi connectivity index (χ3v) is 6.60. The molecule has 0 spiro atoms. The highest BCUT2D eigenvalue weighted by Crippen LogP contribution is 2.38. The molecule has 25 heavy (non-hydrogen) atoms. The van der Waals surface area contributed by atoms with E-state index < -0.39 is 0 Å². The van der Waals surface area contributed by atoms with Crippen molar-refractivity contribution < 1.29 is 0 Å². The Kier molecular flexibility index (Phi) is 7.40. The molecule has 1 aliphatic rings. The first-order chi connectivity index (χ1) is 12.3. The Morgan fingerprint density at radius 1 is 0.800 bits per heavy atom. The number of fused-ring (bicyclic) bond motifs is 1. The van der Waals surface area contributed by atoms with Crippen LogP contribution >= 0.6 is 15.9 Å². The minimum absolute atomic E-state index is 0.786. The third kappa shape index (κ3) is 5.58. The molecular weight excluding hydrogens is 368 g/mol. The monoisotopic (exact) mass is 400 g/mol. The van der Waals surface area contributed by atoms with E-state index in [2.05, 4.69) is 59.3 Å². The number of halogens is 1. The van der Waals surface area contributed by atoms with Gasteiger partial charge in [-0.3, -0.25) is 0 Å². The molecule has 0 atom stereocenters. The van der Waals surface area contributed by atoms with Crippen molar-refractivity contribution in [1.29, 1.82) is 0 Å². The van der Waals surface area contributed by atoms with Crippen molar-refractivity contribution in [2.45, 2.75) is 83.5 Å². The Labute approximate surface area is 162 Å². The fraction of sp³-hybridized carbons (Fsp3) is 0.583. The van der Waals surface area contributed by atoms with Crippen molar-refractivity contribution in [3.05, 3.63) is 46.4 Å². The van der Waals surface area contributed by atoms with Crippen LogP contribution in [0.5, 0.6) is 0 Å². The minimum atomic E-state index is 0.786. The largest absolute Gasteiger partial charge is 0.0654 e. The Morgan fingerprint density at radius 2 is 1.48 bits per heavy atom. The zero-order valence-corrected chi connectivity index (χ0v) is 17.4. The summed E-state index contributed by atoms with van der Waals surface area (Å²) in [6.45, 7) is 2.30. The molecule has 0 radical (unpaired) electrons. The Hall–Kier alpha value is -0.820. The summed E-state index contributed by atoms with van der Waals surface area (Å²) in [5, 5.41) is 2.73. The molecule has 3 rings (SSSR count). The molecular formula is C24H33Br. The lowest BCUT2D eigenvalue weighted by atomic mass is 9.77. The highest BCUT2D eigenvalue weighted by atomic mass is 79.9. The molecule has 0 unspecified atom stereocenters. The highest BCUT2D eigenvalue weighted by Gasteiger charge is 2.22. The van der Waals surface area contributed by atoms with Gasteiger partial charge in [0.05, 0.1) is 0 Å². The first-order valence-electron chi connectivity index (χ1n) is 10.5. The number of benzene rings is 2. The lowest BCUT2D eigenvalue weighted by Gasteiger charge is -2.29. The molecule has 1 heteroatoms. The van der Waals surface area contributed by atoms with E-state index >= 15 is 0 Å². The van der Waals surface area contributed by atoms with Crippen LogP contribution in [0.1, 0.15) is 89.0 Å². The van der Waals surface area contributed by atoms with Crippen molar-refractivity contribution in [3.63, 3.8) is 0 Å². The molecule has 1 saturated carbocycles. The predicted octanol–water partition coefficient (Wildman–Crippen LogP) is 8.63. The van der Waals surface area contributed by atoms with Crippen molar-refractivity contribution in [2.75, 3.05) is 0 Å². The van der Waals surface area contributed by atoms with Gasteiger partial charge < -0.3 is 0 Å². The van der Waals surface area contributed by atoms with Gasteiger partial charge in [0.1, 0.15) is 0 Å². The Bertz CT molecular complexity index is 652. The molecule has 0 nitrogen and oxygen atoms in total. The third-order valence-electron chi connectivity index (χ3n) is 6.11. The van der Waals surface area contributed by atoms with E-state index in [0.29, 0.717) is 0 Å². The summed E-state index contributed by atoms with van der Waals surface area (Å²) in [6, 6.07) is 13.7. The zero-order valence-electron chi connectivity index (χ0n) is 15.8. The standard InChI is InChI=1S/C24H33Br/c1-2-3-4-5-6-7-8-19-9-11-20(12-10-19)21-13-14-23-18-24(25)16-15-22(23)17-21/h13-20H,2-12H2,1H3/t19-,20-. The van der Waals surface area contributed by atoms with Gasteiger partial charge in [-0.25, -0.2) is 0 Å². The second-order valence-electron chi connectivity index (χ2n) is 8.03. The second-order valence-corrected chi connectivity index (χ2v) is 8.94. The number of unbranched alkanes of at least 4 members (excludes halogenated alkanes) is 5. The molecule has 0 aromatic heterocycles.